The maximum atomic E-state index is 14.6. The Bertz CT molecular complexity index is 1200. The lowest BCUT2D eigenvalue weighted by Crippen LogP contribution is -2.08. The van der Waals surface area contributed by atoms with E-state index in [1.165, 1.54) is 24.4 Å². The quantitative estimate of drug-likeness (QED) is 0.539. The molecule has 0 fully saturated rings. The van der Waals surface area contributed by atoms with Crippen LogP contribution in [0.15, 0.2) is 51.3 Å². The molecule has 0 aliphatic heterocycles. The average Bonchev–Trinajstić information content (AvgIpc) is 2.87. The number of halogens is 2. The summed E-state index contributed by atoms with van der Waals surface area (Å²) in [5.41, 5.74) is 1.98. The second-order valence-corrected chi connectivity index (χ2v) is 9.51. The summed E-state index contributed by atoms with van der Waals surface area (Å²) in [5, 5.41) is 0.532. The second kappa shape index (κ2) is 8.16. The molecule has 0 spiro atoms. The number of hydrogen-bond acceptors (Lipinski definition) is 5. The zero-order valence-electron chi connectivity index (χ0n) is 16.0. The molecule has 2 heterocycles. The normalized spacial score (nSPS) is 11.8. The van der Waals surface area contributed by atoms with Crippen LogP contribution in [0, 0.1) is 18.6 Å². The number of aromatic nitrogens is 1. The Kier molecular flexibility index (Phi) is 6.00. The van der Waals surface area contributed by atoms with Gasteiger partial charge < -0.3 is 9.14 Å². The van der Waals surface area contributed by atoms with E-state index in [0.29, 0.717) is 21.7 Å². The Balaban J connectivity index is 2.09. The Morgan fingerprint density at radius 1 is 1.21 bits per heavy atom. The molecule has 3 aromatic rings. The van der Waals surface area contributed by atoms with Crippen LogP contribution in [0.4, 0.5) is 8.78 Å². The van der Waals surface area contributed by atoms with Gasteiger partial charge in [0.2, 0.25) is 0 Å². The van der Waals surface area contributed by atoms with Crippen LogP contribution in [0.2, 0.25) is 0 Å². The molecule has 0 saturated carbocycles. The smallest absolute Gasteiger partial charge is 0.310 e. The summed E-state index contributed by atoms with van der Waals surface area (Å²) >= 11 is 1.03. The van der Waals surface area contributed by atoms with E-state index in [1.807, 2.05) is 0 Å². The number of sulfone groups is 1. The summed E-state index contributed by atoms with van der Waals surface area (Å²) in [6.45, 7) is 3.73. The summed E-state index contributed by atoms with van der Waals surface area (Å²) in [6, 6.07) is 6.51. The largest absolute Gasteiger partial charge is 0.466 e. The SMILES string of the molecule is CCOC(=O)Cc1c(C)c(Sc2ccc(S(C)(=O)=O)cc2F)n2cc(F)ccc12. The average molecular weight is 440 g/mol. The molecule has 1 aromatic carbocycles. The van der Waals surface area contributed by atoms with Crippen LogP contribution in [0.25, 0.3) is 5.52 Å². The van der Waals surface area contributed by atoms with E-state index in [0.717, 1.165) is 24.1 Å². The van der Waals surface area contributed by atoms with Gasteiger partial charge in [-0.3, -0.25) is 4.79 Å². The molecular weight excluding hydrogens is 420 g/mol. The van der Waals surface area contributed by atoms with Crippen LogP contribution in [0.1, 0.15) is 18.1 Å². The highest BCUT2D eigenvalue weighted by atomic mass is 32.2. The van der Waals surface area contributed by atoms with Crippen LogP contribution in [-0.4, -0.2) is 31.7 Å². The van der Waals surface area contributed by atoms with Crippen molar-refractivity contribution in [3.05, 3.63) is 59.3 Å². The Hall–Kier alpha value is -2.39. The minimum atomic E-state index is -3.53. The molecule has 154 valence electrons. The maximum absolute atomic E-state index is 14.6. The summed E-state index contributed by atoms with van der Waals surface area (Å²) in [6.07, 6.45) is 2.27. The molecule has 29 heavy (non-hydrogen) atoms. The van der Waals surface area contributed by atoms with Crippen molar-refractivity contribution in [2.75, 3.05) is 12.9 Å². The van der Waals surface area contributed by atoms with Crippen LogP contribution in [0.3, 0.4) is 0 Å². The minimum absolute atomic E-state index is 0.00483. The Morgan fingerprint density at radius 3 is 2.55 bits per heavy atom. The van der Waals surface area contributed by atoms with Crippen molar-refractivity contribution in [3.8, 4) is 0 Å². The standard InChI is InChI=1S/C20H19F2NO4S2/c1-4-27-19(24)10-15-12(2)20(23-11-13(21)5-7-17(15)23)28-18-8-6-14(9-16(18)22)29(3,25)26/h5-9,11H,4,10H2,1-3H3. The lowest BCUT2D eigenvalue weighted by Gasteiger charge is -2.07. The maximum Gasteiger partial charge on any atom is 0.310 e. The number of carbonyl (C=O) groups is 1. The van der Waals surface area contributed by atoms with Gasteiger partial charge in [-0.1, -0.05) is 11.8 Å². The van der Waals surface area contributed by atoms with Gasteiger partial charge in [0.1, 0.15) is 11.6 Å². The van der Waals surface area contributed by atoms with Gasteiger partial charge in [-0.25, -0.2) is 17.2 Å². The van der Waals surface area contributed by atoms with E-state index in [-0.39, 0.29) is 22.8 Å². The van der Waals surface area contributed by atoms with E-state index in [2.05, 4.69) is 0 Å². The number of nitrogens with zero attached hydrogens (tertiary/aromatic N) is 1. The van der Waals surface area contributed by atoms with Crippen LogP contribution < -0.4 is 0 Å². The molecule has 0 atom stereocenters. The van der Waals surface area contributed by atoms with Crippen molar-refractivity contribution in [2.45, 2.75) is 35.1 Å². The molecule has 9 heteroatoms. The summed E-state index contributed by atoms with van der Waals surface area (Å²) in [5.74, 6) is -1.59. The third-order valence-electron chi connectivity index (χ3n) is 4.38. The number of fused-ring (bicyclic) bond motifs is 1. The Labute approximate surface area is 171 Å². The molecule has 3 rings (SSSR count). The number of ether oxygens (including phenoxy) is 1. The first-order valence-corrected chi connectivity index (χ1v) is 11.4. The van der Waals surface area contributed by atoms with Crippen molar-refractivity contribution in [1.29, 1.82) is 0 Å². The van der Waals surface area contributed by atoms with Gasteiger partial charge in [-0.2, -0.15) is 0 Å². The number of hydrogen-bond donors (Lipinski definition) is 0. The highest BCUT2D eigenvalue weighted by molar-refractivity contribution is 7.99. The molecule has 2 aromatic heterocycles. The lowest BCUT2D eigenvalue weighted by molar-refractivity contribution is -0.142. The third-order valence-corrected chi connectivity index (χ3v) is 6.74. The molecule has 0 radical (unpaired) electrons. The topological polar surface area (TPSA) is 64.9 Å². The summed E-state index contributed by atoms with van der Waals surface area (Å²) in [7, 11) is -3.53. The zero-order chi connectivity index (χ0) is 21.3. The molecule has 0 saturated heterocycles. The van der Waals surface area contributed by atoms with Crippen LogP contribution >= 0.6 is 11.8 Å². The molecule has 0 aliphatic rings. The summed E-state index contributed by atoms with van der Waals surface area (Å²) in [4.78, 5) is 12.1. The summed E-state index contributed by atoms with van der Waals surface area (Å²) < 4.78 is 58.2. The van der Waals surface area contributed by atoms with Crippen LogP contribution in [0.5, 0.6) is 0 Å². The molecular formula is C20H19F2NO4S2. The molecule has 0 N–H and O–H groups in total. The van der Waals surface area contributed by atoms with Crippen molar-refractivity contribution < 1.29 is 26.7 Å². The number of rotatable bonds is 6. The number of carbonyl (C=O) groups excluding carboxylic acids is 1. The van der Waals surface area contributed by atoms with E-state index in [4.69, 9.17) is 4.74 Å². The van der Waals surface area contributed by atoms with E-state index in [9.17, 15) is 22.0 Å². The van der Waals surface area contributed by atoms with Gasteiger partial charge in [0.25, 0.3) is 0 Å². The van der Waals surface area contributed by atoms with Crippen molar-refractivity contribution in [2.24, 2.45) is 0 Å². The number of esters is 1. The van der Waals surface area contributed by atoms with E-state index >= 15 is 0 Å². The van der Waals surface area contributed by atoms with E-state index in [1.54, 1.807) is 24.3 Å². The minimum Gasteiger partial charge on any atom is -0.466 e. The number of benzene rings is 1. The second-order valence-electron chi connectivity index (χ2n) is 6.46. The molecule has 0 aliphatic carbocycles. The molecule has 0 unspecified atom stereocenters. The van der Waals surface area contributed by atoms with Gasteiger partial charge >= 0.3 is 5.97 Å². The van der Waals surface area contributed by atoms with Gasteiger partial charge in [0, 0.05) is 17.3 Å². The van der Waals surface area contributed by atoms with Gasteiger partial charge in [0.15, 0.2) is 9.84 Å². The molecule has 5 nitrogen and oxygen atoms in total. The first-order valence-electron chi connectivity index (χ1n) is 8.74. The van der Waals surface area contributed by atoms with Crippen molar-refractivity contribution in [3.63, 3.8) is 0 Å². The fraction of sp³-hybridized carbons (Fsp3) is 0.250. The van der Waals surface area contributed by atoms with Gasteiger partial charge in [0.05, 0.1) is 28.5 Å². The fourth-order valence-corrected chi connectivity index (χ4v) is 4.65. The van der Waals surface area contributed by atoms with Gasteiger partial charge in [-0.05, 0) is 55.3 Å². The number of pyridine rings is 1. The Morgan fingerprint density at radius 2 is 1.93 bits per heavy atom. The molecule has 0 bridgehead atoms. The fourth-order valence-electron chi connectivity index (χ4n) is 2.99. The zero-order valence-corrected chi connectivity index (χ0v) is 17.7. The predicted molar refractivity (Wildman–Crippen MR) is 106 cm³/mol. The third kappa shape index (κ3) is 4.45. The highest BCUT2D eigenvalue weighted by Gasteiger charge is 2.21. The van der Waals surface area contributed by atoms with Crippen molar-refractivity contribution >= 4 is 33.1 Å². The van der Waals surface area contributed by atoms with Crippen LogP contribution in [-0.2, 0) is 25.8 Å². The first-order chi connectivity index (χ1) is 13.6. The lowest BCUT2D eigenvalue weighted by atomic mass is 10.1. The monoisotopic (exact) mass is 439 g/mol. The first kappa shape index (κ1) is 21.3. The molecule has 0 amide bonds. The predicted octanol–water partition coefficient (Wildman–Crippen LogP) is 4.19. The van der Waals surface area contributed by atoms with E-state index < -0.39 is 27.4 Å². The van der Waals surface area contributed by atoms with Crippen molar-refractivity contribution in [1.82, 2.24) is 4.40 Å². The van der Waals surface area contributed by atoms with Gasteiger partial charge in [-0.15, -0.1) is 0 Å². The highest BCUT2D eigenvalue weighted by Crippen LogP contribution is 2.37.